The second-order valence-corrected chi connectivity index (χ2v) is 5.16. The van der Waals surface area contributed by atoms with Crippen LogP contribution in [0.3, 0.4) is 0 Å². The third kappa shape index (κ3) is 1.86. The van der Waals surface area contributed by atoms with Gasteiger partial charge in [0, 0.05) is 23.5 Å². The number of benzene rings is 1. The highest BCUT2D eigenvalue weighted by atomic mass is 19.1. The molecule has 4 heteroatoms. The van der Waals surface area contributed by atoms with Crippen LogP contribution in [0.4, 0.5) is 15.8 Å². The largest absolute Gasteiger partial charge is 0.399 e. The van der Waals surface area contributed by atoms with Crippen LogP contribution in [-0.4, -0.2) is 23.3 Å². The number of nitrogens with two attached hydrogens (primary N) is 1. The molecular weight excluding hydrogens is 219 g/mol. The highest BCUT2D eigenvalue weighted by molar-refractivity contribution is 5.58. The summed E-state index contributed by atoms with van der Waals surface area (Å²) in [7, 11) is 0. The fourth-order valence-corrected chi connectivity index (χ4v) is 3.32. The van der Waals surface area contributed by atoms with Crippen LogP contribution < -0.4 is 10.6 Å². The molecule has 2 aliphatic heterocycles. The number of hydrogen-bond acceptors (Lipinski definition) is 3. The monoisotopic (exact) mass is 236 g/mol. The van der Waals surface area contributed by atoms with Crippen molar-refractivity contribution in [2.75, 3.05) is 10.6 Å². The molecule has 3 N–H and O–H groups in total. The van der Waals surface area contributed by atoms with Gasteiger partial charge in [-0.1, -0.05) is 0 Å². The van der Waals surface area contributed by atoms with Crippen molar-refractivity contribution < 1.29 is 9.50 Å². The van der Waals surface area contributed by atoms with Crippen LogP contribution in [0.25, 0.3) is 0 Å². The predicted octanol–water partition coefficient (Wildman–Crippen LogP) is 1.90. The Morgan fingerprint density at radius 3 is 2.41 bits per heavy atom. The summed E-state index contributed by atoms with van der Waals surface area (Å²) in [6, 6.07) is 5.38. The third-order valence-corrected chi connectivity index (χ3v) is 3.91. The van der Waals surface area contributed by atoms with Gasteiger partial charge in [-0.25, -0.2) is 4.39 Å². The van der Waals surface area contributed by atoms with E-state index < -0.39 is 0 Å². The molecule has 3 nitrogen and oxygen atoms in total. The lowest BCUT2D eigenvalue weighted by molar-refractivity contribution is 0.126. The minimum Gasteiger partial charge on any atom is -0.399 e. The molecule has 92 valence electrons. The van der Waals surface area contributed by atoms with Crippen molar-refractivity contribution in [3.05, 3.63) is 24.0 Å². The first kappa shape index (κ1) is 10.8. The maximum Gasteiger partial charge on any atom is 0.127 e. The molecule has 2 saturated heterocycles. The van der Waals surface area contributed by atoms with Crippen LogP contribution in [0, 0.1) is 5.82 Å². The van der Waals surface area contributed by atoms with Crippen molar-refractivity contribution >= 4 is 11.4 Å². The summed E-state index contributed by atoms with van der Waals surface area (Å²) in [6.45, 7) is 0. The fourth-order valence-electron chi connectivity index (χ4n) is 3.32. The van der Waals surface area contributed by atoms with E-state index in [0.717, 1.165) is 31.4 Å². The zero-order valence-electron chi connectivity index (χ0n) is 9.64. The number of halogens is 1. The standard InChI is InChI=1S/C13H17FN2O/c14-8-3-9(15)5-12(4-8)16-10-1-2-11(16)7-13(17)6-10/h3-5,10-11,13,17H,1-2,6-7,15H2. The van der Waals surface area contributed by atoms with Crippen molar-refractivity contribution in [1.82, 2.24) is 0 Å². The lowest BCUT2D eigenvalue weighted by Crippen LogP contribution is -2.44. The van der Waals surface area contributed by atoms with E-state index in [1.807, 2.05) is 6.07 Å². The van der Waals surface area contributed by atoms with Gasteiger partial charge in [0.25, 0.3) is 0 Å². The summed E-state index contributed by atoms with van der Waals surface area (Å²) in [5, 5.41) is 9.74. The van der Waals surface area contributed by atoms with E-state index in [-0.39, 0.29) is 11.9 Å². The molecule has 0 radical (unpaired) electrons. The van der Waals surface area contributed by atoms with Crippen LogP contribution in [-0.2, 0) is 0 Å². The first-order chi connectivity index (χ1) is 8.13. The first-order valence-electron chi connectivity index (χ1n) is 6.16. The molecule has 17 heavy (non-hydrogen) atoms. The Balaban J connectivity index is 1.94. The molecule has 2 heterocycles. The van der Waals surface area contributed by atoms with Gasteiger partial charge in [0.1, 0.15) is 5.82 Å². The number of anilines is 2. The molecule has 2 atom stereocenters. The Morgan fingerprint density at radius 2 is 1.82 bits per heavy atom. The minimum absolute atomic E-state index is 0.199. The molecule has 3 rings (SSSR count). The SMILES string of the molecule is Nc1cc(F)cc(N2C3CCC2CC(O)C3)c1. The Bertz CT molecular complexity index is 403. The summed E-state index contributed by atoms with van der Waals surface area (Å²) in [6.07, 6.45) is 3.53. The molecule has 0 aromatic heterocycles. The molecule has 2 unspecified atom stereocenters. The second kappa shape index (κ2) is 3.88. The topological polar surface area (TPSA) is 49.5 Å². The second-order valence-electron chi connectivity index (χ2n) is 5.16. The lowest BCUT2D eigenvalue weighted by Gasteiger charge is -2.39. The summed E-state index contributed by atoms with van der Waals surface area (Å²) in [5.74, 6) is -0.287. The van der Waals surface area contributed by atoms with Crippen molar-refractivity contribution in [1.29, 1.82) is 0 Å². The van der Waals surface area contributed by atoms with Gasteiger partial charge in [-0.15, -0.1) is 0 Å². The Labute approximate surface area is 100 Å². The normalized spacial score (nSPS) is 31.9. The molecule has 2 bridgehead atoms. The van der Waals surface area contributed by atoms with Crippen LogP contribution in [0.2, 0.25) is 0 Å². The number of hydrogen-bond donors (Lipinski definition) is 2. The van der Waals surface area contributed by atoms with Gasteiger partial charge in [-0.2, -0.15) is 0 Å². The van der Waals surface area contributed by atoms with Gasteiger partial charge in [0.2, 0.25) is 0 Å². The van der Waals surface area contributed by atoms with E-state index in [2.05, 4.69) is 4.90 Å². The molecule has 0 saturated carbocycles. The van der Waals surface area contributed by atoms with Gasteiger partial charge in [-0.3, -0.25) is 0 Å². The fraction of sp³-hybridized carbons (Fsp3) is 0.538. The van der Waals surface area contributed by atoms with E-state index in [1.54, 1.807) is 6.07 Å². The first-order valence-corrected chi connectivity index (χ1v) is 6.16. The zero-order chi connectivity index (χ0) is 12.0. The molecule has 0 spiro atoms. The highest BCUT2D eigenvalue weighted by Gasteiger charge is 2.40. The van der Waals surface area contributed by atoms with E-state index in [0.29, 0.717) is 17.8 Å². The lowest BCUT2D eigenvalue weighted by atomic mass is 9.99. The maximum absolute atomic E-state index is 13.4. The van der Waals surface area contributed by atoms with Gasteiger partial charge in [-0.05, 0) is 43.9 Å². The number of fused-ring (bicyclic) bond motifs is 2. The number of rotatable bonds is 1. The van der Waals surface area contributed by atoms with E-state index in [1.165, 1.54) is 6.07 Å². The number of piperidine rings is 1. The molecule has 0 amide bonds. The Hall–Kier alpha value is -1.29. The molecule has 2 fully saturated rings. The number of aliphatic hydroxyl groups is 1. The van der Waals surface area contributed by atoms with E-state index >= 15 is 0 Å². The van der Waals surface area contributed by atoms with Crippen LogP contribution in [0.5, 0.6) is 0 Å². The van der Waals surface area contributed by atoms with Crippen LogP contribution >= 0.6 is 0 Å². The van der Waals surface area contributed by atoms with Crippen LogP contribution in [0.1, 0.15) is 25.7 Å². The summed E-state index contributed by atoms with van der Waals surface area (Å²) in [5.41, 5.74) is 7.01. The van der Waals surface area contributed by atoms with Crippen molar-refractivity contribution in [2.24, 2.45) is 0 Å². The molecule has 2 aliphatic rings. The van der Waals surface area contributed by atoms with Crippen molar-refractivity contribution in [3.63, 3.8) is 0 Å². The van der Waals surface area contributed by atoms with Crippen molar-refractivity contribution in [3.8, 4) is 0 Å². The number of nitrogen functional groups attached to an aromatic ring is 1. The minimum atomic E-state index is -0.287. The average Bonchev–Trinajstić information content (AvgIpc) is 2.50. The number of aliphatic hydroxyl groups excluding tert-OH is 1. The zero-order valence-corrected chi connectivity index (χ0v) is 9.64. The van der Waals surface area contributed by atoms with Gasteiger partial charge in [0.05, 0.1) is 6.10 Å². The molecule has 0 aliphatic carbocycles. The Kier molecular flexibility index (Phi) is 2.47. The quantitative estimate of drug-likeness (QED) is 0.732. The highest BCUT2D eigenvalue weighted by Crippen LogP contribution is 2.39. The third-order valence-electron chi connectivity index (χ3n) is 3.91. The summed E-state index contributed by atoms with van der Waals surface area (Å²) < 4.78 is 13.4. The van der Waals surface area contributed by atoms with Gasteiger partial charge >= 0.3 is 0 Å². The van der Waals surface area contributed by atoms with E-state index in [4.69, 9.17) is 5.73 Å². The van der Waals surface area contributed by atoms with Gasteiger partial charge in [0.15, 0.2) is 0 Å². The summed E-state index contributed by atoms with van der Waals surface area (Å²) in [4.78, 5) is 2.24. The molecular formula is C13H17FN2O. The van der Waals surface area contributed by atoms with Crippen molar-refractivity contribution in [2.45, 2.75) is 43.9 Å². The van der Waals surface area contributed by atoms with E-state index in [9.17, 15) is 9.50 Å². The average molecular weight is 236 g/mol. The smallest absolute Gasteiger partial charge is 0.127 e. The van der Waals surface area contributed by atoms with Crippen LogP contribution in [0.15, 0.2) is 18.2 Å². The molecule has 1 aromatic rings. The summed E-state index contributed by atoms with van der Waals surface area (Å²) >= 11 is 0. The molecule has 1 aromatic carbocycles. The maximum atomic E-state index is 13.4. The predicted molar refractivity (Wildman–Crippen MR) is 65.3 cm³/mol. The Morgan fingerprint density at radius 1 is 1.18 bits per heavy atom. The number of nitrogens with zero attached hydrogens (tertiary/aromatic N) is 1. The van der Waals surface area contributed by atoms with Gasteiger partial charge < -0.3 is 15.7 Å².